The predicted octanol–water partition coefficient (Wildman–Crippen LogP) is 3.02. The molecule has 38 heavy (non-hydrogen) atoms. The van der Waals surface area contributed by atoms with Crippen LogP contribution in [0.1, 0.15) is 12.0 Å². The van der Waals surface area contributed by atoms with Crippen molar-refractivity contribution in [2.24, 2.45) is 4.99 Å². The van der Waals surface area contributed by atoms with Crippen LogP contribution in [0.2, 0.25) is 5.02 Å². The lowest BCUT2D eigenvalue weighted by atomic mass is 10.1. The number of rotatable bonds is 5. The number of alkyl halides is 1. The van der Waals surface area contributed by atoms with Gasteiger partial charge in [-0.2, -0.15) is 0 Å². The number of benzene rings is 2. The summed E-state index contributed by atoms with van der Waals surface area (Å²) in [6.07, 6.45) is 1.80. The van der Waals surface area contributed by atoms with E-state index >= 15 is 0 Å². The number of carbonyl (C=O) groups excluding carboxylic acids is 1. The molecule has 0 radical (unpaired) electrons. The van der Waals surface area contributed by atoms with Crippen molar-refractivity contribution in [1.82, 2.24) is 19.2 Å². The number of urea groups is 1. The van der Waals surface area contributed by atoms with Gasteiger partial charge in [0, 0.05) is 24.8 Å². The maximum Gasteiger partial charge on any atom is 0.333 e. The molecular weight excluding hydrogens is 575 g/mol. The Morgan fingerprint density at radius 3 is 2.66 bits per heavy atom. The predicted molar refractivity (Wildman–Crippen MR) is 150 cm³/mol. The monoisotopic (exact) mass is 594 g/mol. The quantitative estimate of drug-likeness (QED) is 0.385. The van der Waals surface area contributed by atoms with Gasteiger partial charge in [-0.3, -0.25) is 9.79 Å². The van der Waals surface area contributed by atoms with Gasteiger partial charge in [0.1, 0.15) is 10.1 Å². The minimum atomic E-state index is -4.07. The average molecular weight is 595 g/mol. The number of likely N-dealkylation sites (N-methyl/N-ethyl adjacent to an activating group) is 1. The molecule has 5 rings (SSSR count). The summed E-state index contributed by atoms with van der Waals surface area (Å²) in [4.78, 5) is 47.6. The number of aromatic nitrogens is 2. The van der Waals surface area contributed by atoms with Crippen molar-refractivity contribution in [3.8, 4) is 5.69 Å². The average Bonchev–Trinajstić information content (AvgIpc) is 3.48. The number of sulfonamides is 1. The maximum absolute atomic E-state index is 13.2. The van der Waals surface area contributed by atoms with Crippen LogP contribution in [0.4, 0.5) is 10.5 Å². The summed E-state index contributed by atoms with van der Waals surface area (Å²) in [5.74, 6) is 0.780. The number of halogens is 2. The van der Waals surface area contributed by atoms with Gasteiger partial charge in [-0.25, -0.2) is 27.3 Å². The van der Waals surface area contributed by atoms with Crippen LogP contribution in [0.25, 0.3) is 16.6 Å². The van der Waals surface area contributed by atoms with Crippen molar-refractivity contribution < 1.29 is 13.2 Å². The number of hydrogen-bond acceptors (Lipinski definition) is 8. The molecule has 198 valence electrons. The Balaban J connectivity index is 1.40. The summed E-state index contributed by atoms with van der Waals surface area (Å²) in [5.41, 5.74) is 0.0923. The second-order valence-electron chi connectivity index (χ2n) is 8.47. The fourth-order valence-corrected chi connectivity index (χ4v) is 7.23. The van der Waals surface area contributed by atoms with Gasteiger partial charge in [0.05, 0.1) is 32.9 Å². The second kappa shape index (κ2) is 10.1. The lowest BCUT2D eigenvalue weighted by molar-refractivity contribution is 0.256. The van der Waals surface area contributed by atoms with E-state index in [-0.39, 0.29) is 26.0 Å². The van der Waals surface area contributed by atoms with Crippen LogP contribution in [0, 0.1) is 0 Å². The van der Waals surface area contributed by atoms with Crippen molar-refractivity contribution in [2.45, 2.75) is 11.1 Å². The topological polar surface area (TPSA) is 146 Å². The molecule has 1 aromatic heterocycles. The van der Waals surface area contributed by atoms with E-state index in [0.29, 0.717) is 18.5 Å². The summed E-state index contributed by atoms with van der Waals surface area (Å²) in [5, 5.41) is 2.63. The van der Waals surface area contributed by atoms with Crippen LogP contribution in [0.3, 0.4) is 0 Å². The van der Waals surface area contributed by atoms with Crippen LogP contribution < -0.4 is 21.3 Å². The number of aromatic amines is 1. The summed E-state index contributed by atoms with van der Waals surface area (Å²) < 4.78 is 27.0. The van der Waals surface area contributed by atoms with Crippen molar-refractivity contribution in [3.05, 3.63) is 78.1 Å². The second-order valence-corrected chi connectivity index (χ2v) is 12.8. The number of anilines is 1. The van der Waals surface area contributed by atoms with E-state index in [1.807, 2.05) is 16.7 Å². The first-order chi connectivity index (χ1) is 18.0. The van der Waals surface area contributed by atoms with Gasteiger partial charge in [0.25, 0.3) is 15.6 Å². The minimum absolute atomic E-state index is 0.0183. The zero-order chi connectivity index (χ0) is 27.2. The summed E-state index contributed by atoms with van der Waals surface area (Å²) >= 11 is 13.2. The number of thioether (sulfide) groups is 1. The van der Waals surface area contributed by atoms with Crippen LogP contribution in [-0.4, -0.2) is 59.6 Å². The first-order valence-electron chi connectivity index (χ1n) is 11.2. The molecule has 2 aromatic carbocycles. The summed E-state index contributed by atoms with van der Waals surface area (Å²) in [6, 6.07) is 8.14. The van der Waals surface area contributed by atoms with Gasteiger partial charge in [-0.15, -0.1) is 11.6 Å². The van der Waals surface area contributed by atoms with E-state index in [1.165, 1.54) is 24.3 Å². The normalized spacial score (nSPS) is 17.4. The van der Waals surface area contributed by atoms with E-state index in [1.54, 1.807) is 18.2 Å². The molecule has 0 aliphatic carbocycles. The van der Waals surface area contributed by atoms with Gasteiger partial charge in [-0.1, -0.05) is 35.5 Å². The zero-order valence-electron chi connectivity index (χ0n) is 19.7. The zero-order valence-corrected chi connectivity index (χ0v) is 22.8. The molecule has 0 saturated carbocycles. The van der Waals surface area contributed by atoms with E-state index in [4.69, 9.17) is 23.2 Å². The maximum atomic E-state index is 13.2. The highest BCUT2D eigenvalue weighted by Gasteiger charge is 2.28. The number of hydrogen-bond donors (Lipinski definition) is 3. The summed E-state index contributed by atoms with van der Waals surface area (Å²) in [6.45, 7) is 1.46. The SMILES string of the molecule is CN1CCN=C1c1ccc2c(=O)n(-c3ccc(NC(=O)NS(=O)(=O)C4=CCC(Cl)S4)cc3Cl)c(=O)[nH]c2c1. The Hall–Kier alpha value is -3.26. The third kappa shape index (κ3) is 5.06. The number of carbonyl (C=O) groups is 1. The lowest BCUT2D eigenvalue weighted by Crippen LogP contribution is -2.35. The molecule has 3 N–H and O–H groups in total. The molecule has 2 aliphatic rings. The number of amidine groups is 1. The van der Waals surface area contributed by atoms with Crippen molar-refractivity contribution in [3.63, 3.8) is 0 Å². The molecule has 1 unspecified atom stereocenters. The molecule has 2 amide bonds. The molecule has 0 fully saturated rings. The Labute approximate surface area is 230 Å². The van der Waals surface area contributed by atoms with E-state index in [0.717, 1.165) is 34.3 Å². The number of allylic oxidation sites excluding steroid dienone is 1. The van der Waals surface area contributed by atoms with E-state index in [2.05, 4.69) is 15.3 Å². The Morgan fingerprint density at radius 1 is 1.21 bits per heavy atom. The van der Waals surface area contributed by atoms with Gasteiger partial charge in [0.15, 0.2) is 0 Å². The Kier molecular flexibility index (Phi) is 7.03. The fraction of sp³-hybridized carbons (Fsp3) is 0.217. The van der Waals surface area contributed by atoms with Gasteiger partial charge in [-0.05, 0) is 36.8 Å². The number of nitrogens with one attached hydrogen (secondary N) is 3. The van der Waals surface area contributed by atoms with Gasteiger partial charge < -0.3 is 15.2 Å². The largest absolute Gasteiger partial charge is 0.358 e. The highest BCUT2D eigenvalue weighted by Crippen LogP contribution is 2.37. The molecule has 0 bridgehead atoms. The van der Waals surface area contributed by atoms with Crippen LogP contribution in [-0.2, 0) is 10.0 Å². The molecule has 3 aromatic rings. The van der Waals surface area contributed by atoms with Crippen LogP contribution >= 0.6 is 35.0 Å². The number of amides is 2. The number of nitrogens with zero attached hydrogens (tertiary/aromatic N) is 3. The molecule has 3 heterocycles. The van der Waals surface area contributed by atoms with E-state index in [9.17, 15) is 22.8 Å². The van der Waals surface area contributed by atoms with Crippen molar-refractivity contribution in [1.29, 1.82) is 0 Å². The van der Waals surface area contributed by atoms with Crippen molar-refractivity contribution in [2.75, 3.05) is 25.5 Å². The number of fused-ring (bicyclic) bond motifs is 1. The van der Waals surface area contributed by atoms with Crippen molar-refractivity contribution >= 4 is 73.4 Å². The first-order valence-corrected chi connectivity index (χ1v) is 14.4. The van der Waals surface area contributed by atoms with Gasteiger partial charge >= 0.3 is 11.7 Å². The number of H-pyrrole nitrogens is 1. The molecule has 0 spiro atoms. The molecule has 15 heteroatoms. The highest BCUT2D eigenvalue weighted by atomic mass is 35.5. The van der Waals surface area contributed by atoms with Gasteiger partial charge in [0.2, 0.25) is 0 Å². The summed E-state index contributed by atoms with van der Waals surface area (Å²) in [7, 11) is -2.16. The molecule has 11 nitrogen and oxygen atoms in total. The molecular formula is C23H20Cl2N6O5S2. The Bertz CT molecular complexity index is 1770. The fourth-order valence-electron chi connectivity index (χ4n) is 4.10. The third-order valence-electron chi connectivity index (χ3n) is 5.87. The lowest BCUT2D eigenvalue weighted by Gasteiger charge is -2.14. The first kappa shape index (κ1) is 26.4. The molecule has 2 aliphatic heterocycles. The molecule has 0 saturated heterocycles. The smallest absolute Gasteiger partial charge is 0.333 e. The Morgan fingerprint density at radius 2 is 2.00 bits per heavy atom. The standard InChI is InChI=1S/C23H20Cl2N6O5S2/c1-30-9-8-26-20(30)12-2-4-14-16(10-12)28-23(34)31(21(14)32)17-5-3-13(11-15(17)24)27-22(33)29-38(35,36)19-7-6-18(25)37-19/h2-5,7,10-11,18H,6,8-9H2,1H3,(H,28,34)(H2,27,29,33). The van der Waals surface area contributed by atoms with E-state index < -0.39 is 32.0 Å². The highest BCUT2D eigenvalue weighted by molar-refractivity contribution is 8.19. The minimum Gasteiger partial charge on any atom is -0.358 e. The molecule has 1 atom stereocenters. The van der Waals surface area contributed by atoms with Crippen LogP contribution in [0.15, 0.2) is 61.3 Å². The van der Waals surface area contributed by atoms with Crippen LogP contribution in [0.5, 0.6) is 0 Å². The number of aliphatic imine (C=N–C) groups is 1. The third-order valence-corrected chi connectivity index (χ3v) is 9.56.